The zero-order chi connectivity index (χ0) is 13.2. The van der Waals surface area contributed by atoms with Crippen molar-refractivity contribution in [3.8, 4) is 0 Å². The minimum Gasteiger partial charge on any atom is -0.0985 e. The Morgan fingerprint density at radius 3 is 2.68 bits per heavy atom. The summed E-state index contributed by atoms with van der Waals surface area (Å²) < 4.78 is 0. The van der Waals surface area contributed by atoms with Crippen molar-refractivity contribution < 1.29 is 0 Å². The maximum Gasteiger partial charge on any atom is -0.0160 e. The van der Waals surface area contributed by atoms with Crippen molar-refractivity contribution in [3.63, 3.8) is 0 Å². The van der Waals surface area contributed by atoms with E-state index in [4.69, 9.17) is 0 Å². The number of aryl methyl sites for hydroxylation is 1. The second-order valence-corrected chi connectivity index (χ2v) is 6.16. The van der Waals surface area contributed by atoms with Crippen LogP contribution in [0.25, 0.3) is 11.6 Å². The molecular formula is C19H24. The van der Waals surface area contributed by atoms with Gasteiger partial charge in [0.1, 0.15) is 0 Å². The van der Waals surface area contributed by atoms with Crippen LogP contribution in [0, 0.1) is 5.92 Å². The van der Waals surface area contributed by atoms with E-state index in [2.05, 4.69) is 25.3 Å². The Morgan fingerprint density at radius 2 is 1.95 bits per heavy atom. The zero-order valence-corrected chi connectivity index (χ0v) is 11.9. The Bertz CT molecular complexity index is 501. The molecule has 1 saturated carbocycles. The molecule has 0 atom stereocenters. The molecule has 0 heteroatoms. The Balaban J connectivity index is 1.83. The van der Waals surface area contributed by atoms with Crippen molar-refractivity contribution in [1.82, 2.24) is 0 Å². The van der Waals surface area contributed by atoms with E-state index in [1.807, 2.05) is 6.08 Å². The summed E-state index contributed by atoms with van der Waals surface area (Å²) in [6.07, 6.45) is 12.7. The van der Waals surface area contributed by atoms with Crippen LogP contribution in [0.5, 0.6) is 0 Å². The third kappa shape index (κ3) is 2.41. The summed E-state index contributed by atoms with van der Waals surface area (Å²) in [6.45, 7) is 8.22. The van der Waals surface area contributed by atoms with E-state index in [0.29, 0.717) is 0 Å². The van der Waals surface area contributed by atoms with E-state index in [9.17, 15) is 0 Å². The van der Waals surface area contributed by atoms with Gasteiger partial charge in [0.15, 0.2) is 0 Å². The molecule has 0 radical (unpaired) electrons. The molecule has 0 N–H and O–H groups in total. The second kappa shape index (κ2) is 5.36. The molecule has 0 heterocycles. The van der Waals surface area contributed by atoms with Crippen molar-refractivity contribution >= 4 is 11.6 Å². The normalized spacial score (nSPS) is 18.8. The standard InChI is InChI=1S/C19H24/c1-3-16-11-12-17(10-9-15-6-4-5-7-15)19-14(2)8-13-18(16)19/h3,11-12,15H,1-2,4-10,13H2. The fourth-order valence-electron chi connectivity index (χ4n) is 3.88. The lowest BCUT2D eigenvalue weighted by Crippen LogP contribution is -2.00. The van der Waals surface area contributed by atoms with Crippen LogP contribution < -0.4 is 0 Å². The topological polar surface area (TPSA) is 0 Å². The lowest BCUT2D eigenvalue weighted by molar-refractivity contribution is 0.503. The molecule has 2 aliphatic carbocycles. The van der Waals surface area contributed by atoms with Crippen LogP contribution in [-0.2, 0) is 12.8 Å². The number of rotatable bonds is 4. The molecule has 19 heavy (non-hydrogen) atoms. The molecular weight excluding hydrogens is 228 g/mol. The first kappa shape index (κ1) is 12.7. The molecule has 0 aliphatic heterocycles. The lowest BCUT2D eigenvalue weighted by atomic mass is 9.91. The molecule has 0 spiro atoms. The highest BCUT2D eigenvalue weighted by molar-refractivity contribution is 5.77. The quantitative estimate of drug-likeness (QED) is 0.672. The van der Waals surface area contributed by atoms with Gasteiger partial charge in [-0.25, -0.2) is 0 Å². The van der Waals surface area contributed by atoms with E-state index in [1.54, 1.807) is 0 Å². The maximum absolute atomic E-state index is 4.28. The van der Waals surface area contributed by atoms with Crippen LogP contribution >= 0.6 is 0 Å². The average molecular weight is 252 g/mol. The van der Waals surface area contributed by atoms with E-state index in [-0.39, 0.29) is 0 Å². The Kier molecular flexibility index (Phi) is 3.59. The molecule has 0 amide bonds. The van der Waals surface area contributed by atoms with Crippen LogP contribution in [0.4, 0.5) is 0 Å². The number of hydrogen-bond acceptors (Lipinski definition) is 0. The van der Waals surface area contributed by atoms with Crippen LogP contribution in [0.3, 0.4) is 0 Å². The largest absolute Gasteiger partial charge is 0.0985 e. The Labute approximate surface area is 117 Å². The van der Waals surface area contributed by atoms with Gasteiger partial charge in [0, 0.05) is 0 Å². The summed E-state index contributed by atoms with van der Waals surface area (Å²) in [5, 5.41) is 0. The van der Waals surface area contributed by atoms with Crippen LogP contribution in [-0.4, -0.2) is 0 Å². The summed E-state index contributed by atoms with van der Waals surface area (Å²) in [4.78, 5) is 0. The fourth-order valence-corrected chi connectivity index (χ4v) is 3.88. The monoisotopic (exact) mass is 252 g/mol. The first-order chi connectivity index (χ1) is 9.29. The minimum atomic E-state index is 0.976. The highest BCUT2D eigenvalue weighted by atomic mass is 14.3. The van der Waals surface area contributed by atoms with Gasteiger partial charge in [-0.15, -0.1) is 0 Å². The molecule has 1 aromatic rings. The van der Waals surface area contributed by atoms with E-state index in [1.165, 1.54) is 66.4 Å². The third-order valence-corrected chi connectivity index (χ3v) is 4.98. The number of fused-ring (bicyclic) bond motifs is 1. The minimum absolute atomic E-state index is 0.976. The molecule has 0 saturated heterocycles. The first-order valence-corrected chi connectivity index (χ1v) is 7.75. The van der Waals surface area contributed by atoms with Gasteiger partial charge in [-0.3, -0.25) is 0 Å². The molecule has 3 rings (SSSR count). The van der Waals surface area contributed by atoms with Crippen molar-refractivity contribution in [1.29, 1.82) is 0 Å². The second-order valence-electron chi connectivity index (χ2n) is 6.16. The lowest BCUT2D eigenvalue weighted by Gasteiger charge is -2.14. The predicted molar refractivity (Wildman–Crippen MR) is 84.2 cm³/mol. The molecule has 2 aliphatic rings. The Morgan fingerprint density at radius 1 is 1.16 bits per heavy atom. The smallest absolute Gasteiger partial charge is 0.0160 e. The van der Waals surface area contributed by atoms with E-state index >= 15 is 0 Å². The third-order valence-electron chi connectivity index (χ3n) is 4.98. The van der Waals surface area contributed by atoms with Crippen molar-refractivity contribution in [2.75, 3.05) is 0 Å². The number of benzene rings is 1. The summed E-state index contributed by atoms with van der Waals surface area (Å²) in [7, 11) is 0. The molecule has 100 valence electrons. The van der Waals surface area contributed by atoms with Gasteiger partial charge in [0.05, 0.1) is 0 Å². The van der Waals surface area contributed by atoms with E-state index < -0.39 is 0 Å². The van der Waals surface area contributed by atoms with E-state index in [0.717, 1.165) is 18.8 Å². The van der Waals surface area contributed by atoms with Crippen molar-refractivity contribution in [3.05, 3.63) is 47.5 Å². The number of hydrogen-bond donors (Lipinski definition) is 0. The maximum atomic E-state index is 4.28. The molecule has 1 aromatic carbocycles. The first-order valence-electron chi connectivity index (χ1n) is 7.75. The fraction of sp³-hybridized carbons (Fsp3) is 0.474. The van der Waals surface area contributed by atoms with Gasteiger partial charge in [-0.1, -0.05) is 57.0 Å². The molecule has 0 bridgehead atoms. The van der Waals surface area contributed by atoms with Crippen molar-refractivity contribution in [2.24, 2.45) is 5.92 Å². The summed E-state index contributed by atoms with van der Waals surface area (Å²) in [6, 6.07) is 4.58. The van der Waals surface area contributed by atoms with Crippen LogP contribution in [0.2, 0.25) is 0 Å². The summed E-state index contributed by atoms with van der Waals surface area (Å²) >= 11 is 0. The Hall–Kier alpha value is -1.30. The van der Waals surface area contributed by atoms with Gasteiger partial charge in [-0.2, -0.15) is 0 Å². The SMILES string of the molecule is C=Cc1ccc(CCC2CCCC2)c2c1CCC2=C. The molecule has 1 fully saturated rings. The highest BCUT2D eigenvalue weighted by Crippen LogP contribution is 2.38. The van der Waals surface area contributed by atoms with Gasteiger partial charge >= 0.3 is 0 Å². The number of allylic oxidation sites excluding steroid dienone is 1. The van der Waals surface area contributed by atoms with Gasteiger partial charge < -0.3 is 0 Å². The van der Waals surface area contributed by atoms with Crippen LogP contribution in [0.15, 0.2) is 25.3 Å². The van der Waals surface area contributed by atoms with Crippen molar-refractivity contribution in [2.45, 2.75) is 51.4 Å². The van der Waals surface area contributed by atoms with Crippen LogP contribution in [0.1, 0.15) is 60.8 Å². The average Bonchev–Trinajstić information content (AvgIpc) is 3.06. The molecule has 0 unspecified atom stereocenters. The zero-order valence-electron chi connectivity index (χ0n) is 11.9. The summed E-state index contributed by atoms with van der Waals surface area (Å²) in [5.74, 6) is 0.976. The van der Waals surface area contributed by atoms with Gasteiger partial charge in [-0.05, 0) is 59.4 Å². The summed E-state index contributed by atoms with van der Waals surface area (Å²) in [5.41, 5.74) is 7.19. The molecule has 0 aromatic heterocycles. The van der Waals surface area contributed by atoms with Gasteiger partial charge in [0.25, 0.3) is 0 Å². The van der Waals surface area contributed by atoms with Gasteiger partial charge in [0.2, 0.25) is 0 Å². The highest BCUT2D eigenvalue weighted by Gasteiger charge is 2.21. The predicted octanol–water partition coefficient (Wildman–Crippen LogP) is 5.41. The molecule has 0 nitrogen and oxygen atoms in total.